The second-order valence-corrected chi connectivity index (χ2v) is 5.66. The zero-order valence-electron chi connectivity index (χ0n) is 11.6. The van der Waals surface area contributed by atoms with Crippen molar-refractivity contribution in [1.82, 2.24) is 4.98 Å². The number of amides is 1. The molecule has 3 rings (SSSR count). The maximum Gasteiger partial charge on any atom is 0.267 e. The second kappa shape index (κ2) is 5.54. The van der Waals surface area contributed by atoms with Crippen molar-refractivity contribution in [2.24, 2.45) is 0 Å². The third-order valence-corrected chi connectivity index (χ3v) is 4.49. The Hall–Kier alpha value is -2.40. The summed E-state index contributed by atoms with van der Waals surface area (Å²) in [5, 5.41) is 3.77. The van der Waals surface area contributed by atoms with Crippen molar-refractivity contribution in [2.45, 2.75) is 13.3 Å². The van der Waals surface area contributed by atoms with Gasteiger partial charge in [-0.1, -0.05) is 25.1 Å². The summed E-state index contributed by atoms with van der Waals surface area (Å²) in [7, 11) is 0. The number of benzene rings is 1. The van der Waals surface area contributed by atoms with Crippen molar-refractivity contribution in [1.29, 1.82) is 0 Å². The monoisotopic (exact) mass is 297 g/mol. The van der Waals surface area contributed by atoms with Crippen LogP contribution in [0.5, 0.6) is 0 Å². The normalized spacial score (nSPS) is 10.7. The maximum atomic E-state index is 12.5. The van der Waals surface area contributed by atoms with E-state index in [0.29, 0.717) is 10.6 Å². The summed E-state index contributed by atoms with van der Waals surface area (Å²) in [4.78, 5) is 18.0. The Morgan fingerprint density at radius 2 is 2.10 bits per heavy atom. The molecule has 0 aliphatic carbocycles. The molecule has 106 valence electrons. The number of carbonyl (C=O) groups is 1. The van der Waals surface area contributed by atoms with Crippen LogP contribution >= 0.6 is 11.3 Å². The molecule has 21 heavy (non-hydrogen) atoms. The number of anilines is 2. The van der Waals surface area contributed by atoms with Gasteiger partial charge in [0.25, 0.3) is 5.91 Å². The Kier molecular flexibility index (Phi) is 3.58. The second-order valence-electron chi connectivity index (χ2n) is 4.67. The highest BCUT2D eigenvalue weighted by molar-refractivity contribution is 7.21. The number of nitrogens with two attached hydrogens (primary N) is 1. The summed E-state index contributed by atoms with van der Waals surface area (Å²) >= 11 is 1.32. The molecule has 0 bridgehead atoms. The lowest BCUT2D eigenvalue weighted by molar-refractivity contribution is 0.103. The molecule has 0 spiro atoms. The molecule has 0 radical (unpaired) electrons. The lowest BCUT2D eigenvalue weighted by atomic mass is 10.1. The minimum Gasteiger partial charge on any atom is -0.397 e. The van der Waals surface area contributed by atoms with E-state index in [9.17, 15) is 4.79 Å². The summed E-state index contributed by atoms with van der Waals surface area (Å²) < 4.78 is 0. The van der Waals surface area contributed by atoms with E-state index < -0.39 is 0 Å². The average Bonchev–Trinajstić information content (AvgIpc) is 2.85. The lowest BCUT2D eigenvalue weighted by Gasteiger charge is -2.09. The van der Waals surface area contributed by atoms with Crippen LogP contribution in [0.1, 0.15) is 22.2 Å². The highest BCUT2D eigenvalue weighted by atomic mass is 32.1. The van der Waals surface area contributed by atoms with Crippen LogP contribution in [-0.4, -0.2) is 10.9 Å². The van der Waals surface area contributed by atoms with Gasteiger partial charge in [-0.15, -0.1) is 11.3 Å². The Balaban J connectivity index is 1.96. The van der Waals surface area contributed by atoms with Gasteiger partial charge in [-0.05, 0) is 30.2 Å². The van der Waals surface area contributed by atoms with Gasteiger partial charge >= 0.3 is 0 Å². The van der Waals surface area contributed by atoms with Gasteiger partial charge in [-0.3, -0.25) is 4.79 Å². The highest BCUT2D eigenvalue weighted by Gasteiger charge is 2.17. The lowest BCUT2D eigenvalue weighted by Crippen LogP contribution is -2.13. The standard InChI is InChI=1S/C16H15N3OS/c1-2-10-6-3-4-8-12(10)19-15(20)14-13(17)11-7-5-9-18-16(11)21-14/h3-9H,2,17H2,1H3,(H,19,20). The van der Waals surface area contributed by atoms with Gasteiger partial charge in [0.1, 0.15) is 9.71 Å². The number of rotatable bonds is 3. The van der Waals surface area contributed by atoms with E-state index in [1.54, 1.807) is 6.20 Å². The van der Waals surface area contributed by atoms with Crippen molar-refractivity contribution in [2.75, 3.05) is 11.1 Å². The zero-order chi connectivity index (χ0) is 14.8. The molecule has 0 aliphatic heterocycles. The largest absolute Gasteiger partial charge is 0.397 e. The number of aromatic nitrogens is 1. The summed E-state index contributed by atoms with van der Waals surface area (Å²) in [6.07, 6.45) is 2.56. The summed E-state index contributed by atoms with van der Waals surface area (Å²) in [5.41, 5.74) is 8.50. The van der Waals surface area contributed by atoms with Gasteiger partial charge in [-0.25, -0.2) is 4.98 Å². The van der Waals surface area contributed by atoms with E-state index in [-0.39, 0.29) is 5.91 Å². The van der Waals surface area contributed by atoms with Crippen molar-refractivity contribution in [3.05, 3.63) is 53.0 Å². The molecule has 2 aromatic heterocycles. The molecule has 0 saturated carbocycles. The van der Waals surface area contributed by atoms with Gasteiger partial charge in [0.2, 0.25) is 0 Å². The number of aryl methyl sites for hydroxylation is 1. The molecule has 0 aliphatic rings. The molecule has 3 N–H and O–H groups in total. The van der Waals surface area contributed by atoms with Crippen LogP contribution < -0.4 is 11.1 Å². The number of thiophene rings is 1. The maximum absolute atomic E-state index is 12.5. The number of carbonyl (C=O) groups excluding carboxylic acids is 1. The van der Waals surface area contributed by atoms with Crippen LogP contribution in [0.15, 0.2) is 42.6 Å². The fourth-order valence-corrected chi connectivity index (χ4v) is 3.21. The van der Waals surface area contributed by atoms with E-state index in [4.69, 9.17) is 5.73 Å². The van der Waals surface area contributed by atoms with Crippen LogP contribution in [0, 0.1) is 0 Å². The number of fused-ring (bicyclic) bond motifs is 1. The molecular formula is C16H15N3OS. The minimum absolute atomic E-state index is 0.184. The Morgan fingerprint density at radius 3 is 2.86 bits per heavy atom. The summed E-state index contributed by atoms with van der Waals surface area (Å²) in [5.74, 6) is -0.184. The topological polar surface area (TPSA) is 68.0 Å². The number of hydrogen-bond acceptors (Lipinski definition) is 4. The number of hydrogen-bond donors (Lipinski definition) is 2. The van der Waals surface area contributed by atoms with Crippen LogP contribution in [0.2, 0.25) is 0 Å². The first-order chi connectivity index (χ1) is 10.2. The molecule has 4 nitrogen and oxygen atoms in total. The van der Waals surface area contributed by atoms with Crippen molar-refractivity contribution in [3.8, 4) is 0 Å². The fraction of sp³-hybridized carbons (Fsp3) is 0.125. The predicted octanol–water partition coefficient (Wildman–Crippen LogP) is 3.69. The quantitative estimate of drug-likeness (QED) is 0.774. The van der Waals surface area contributed by atoms with Crippen molar-refractivity contribution >= 4 is 38.8 Å². The van der Waals surface area contributed by atoms with E-state index in [2.05, 4.69) is 17.2 Å². The van der Waals surface area contributed by atoms with Crippen molar-refractivity contribution in [3.63, 3.8) is 0 Å². The van der Waals surface area contributed by atoms with E-state index in [1.165, 1.54) is 11.3 Å². The van der Waals surface area contributed by atoms with Crippen LogP contribution in [0.3, 0.4) is 0 Å². The Bertz CT molecular complexity index is 810. The predicted molar refractivity (Wildman–Crippen MR) is 87.8 cm³/mol. The van der Waals surface area contributed by atoms with Gasteiger partial charge in [0.15, 0.2) is 0 Å². The third kappa shape index (κ3) is 2.48. The first-order valence-corrected chi connectivity index (χ1v) is 7.54. The number of nitrogens with one attached hydrogen (secondary N) is 1. The smallest absolute Gasteiger partial charge is 0.267 e. The van der Waals surface area contributed by atoms with Crippen LogP contribution in [0.25, 0.3) is 10.2 Å². The first kappa shape index (κ1) is 13.6. The van der Waals surface area contributed by atoms with E-state index in [1.807, 2.05) is 36.4 Å². The molecule has 1 aromatic carbocycles. The number of nitrogen functional groups attached to an aromatic ring is 1. The van der Waals surface area contributed by atoms with E-state index >= 15 is 0 Å². The van der Waals surface area contributed by atoms with Crippen LogP contribution in [-0.2, 0) is 6.42 Å². The molecular weight excluding hydrogens is 282 g/mol. The van der Waals surface area contributed by atoms with Crippen molar-refractivity contribution < 1.29 is 4.79 Å². The first-order valence-electron chi connectivity index (χ1n) is 6.73. The summed E-state index contributed by atoms with van der Waals surface area (Å²) in [6, 6.07) is 11.5. The molecule has 3 aromatic rings. The fourth-order valence-electron chi connectivity index (χ4n) is 2.25. The molecule has 0 atom stereocenters. The molecule has 5 heteroatoms. The zero-order valence-corrected chi connectivity index (χ0v) is 12.4. The number of para-hydroxylation sites is 1. The third-order valence-electron chi connectivity index (χ3n) is 3.36. The Morgan fingerprint density at radius 1 is 1.29 bits per heavy atom. The highest BCUT2D eigenvalue weighted by Crippen LogP contribution is 2.32. The molecule has 2 heterocycles. The average molecular weight is 297 g/mol. The molecule has 0 saturated heterocycles. The van der Waals surface area contributed by atoms with E-state index in [0.717, 1.165) is 27.9 Å². The van der Waals surface area contributed by atoms with Gasteiger partial charge in [0, 0.05) is 17.3 Å². The molecule has 0 unspecified atom stereocenters. The summed E-state index contributed by atoms with van der Waals surface area (Å²) in [6.45, 7) is 2.06. The SMILES string of the molecule is CCc1ccccc1NC(=O)c1sc2ncccc2c1N. The molecule has 0 fully saturated rings. The number of pyridine rings is 1. The number of nitrogens with zero attached hydrogens (tertiary/aromatic N) is 1. The van der Waals surface area contributed by atoms with Crippen LogP contribution in [0.4, 0.5) is 11.4 Å². The minimum atomic E-state index is -0.184. The molecule has 1 amide bonds. The Labute approximate surface area is 126 Å². The van der Waals surface area contributed by atoms with Gasteiger partial charge in [0.05, 0.1) is 5.69 Å². The van der Waals surface area contributed by atoms with Gasteiger partial charge < -0.3 is 11.1 Å². The van der Waals surface area contributed by atoms with Gasteiger partial charge in [-0.2, -0.15) is 0 Å².